The average Bonchev–Trinajstić information content (AvgIpc) is 3.23. The molecule has 25 heavy (non-hydrogen) atoms. The van der Waals surface area contributed by atoms with Crippen LogP contribution in [-0.4, -0.2) is 45.2 Å². The first-order valence-electron chi connectivity index (χ1n) is 8.17. The minimum atomic E-state index is -0.907. The Bertz CT molecular complexity index is 800. The standard InChI is InChI=1S/C18H20FN3O3/c1-11(2)18(17(24)25)7-8-22(10-18)16(23)15-9-14(20-21-15)12-3-5-13(19)6-4-12/h3-6,9,11H,7-8,10H2,1-2H3,(H,20,21)(H,24,25). The van der Waals surface area contributed by atoms with Gasteiger partial charge in [-0.25, -0.2) is 4.39 Å². The second-order valence-corrected chi connectivity index (χ2v) is 6.77. The Morgan fingerprint density at radius 1 is 1.32 bits per heavy atom. The lowest BCUT2D eigenvalue weighted by atomic mass is 9.76. The second kappa shape index (κ2) is 6.31. The van der Waals surface area contributed by atoms with Crippen molar-refractivity contribution < 1.29 is 19.1 Å². The van der Waals surface area contributed by atoms with Gasteiger partial charge in [-0.05, 0) is 42.7 Å². The van der Waals surface area contributed by atoms with Gasteiger partial charge in [0.25, 0.3) is 5.91 Å². The van der Waals surface area contributed by atoms with E-state index in [1.807, 2.05) is 13.8 Å². The number of aromatic amines is 1. The van der Waals surface area contributed by atoms with Gasteiger partial charge in [-0.3, -0.25) is 14.7 Å². The molecule has 6 nitrogen and oxygen atoms in total. The van der Waals surface area contributed by atoms with Crippen molar-refractivity contribution in [3.63, 3.8) is 0 Å². The summed E-state index contributed by atoms with van der Waals surface area (Å²) in [6.07, 6.45) is 0.435. The summed E-state index contributed by atoms with van der Waals surface area (Å²) in [4.78, 5) is 25.9. The van der Waals surface area contributed by atoms with Crippen LogP contribution in [0, 0.1) is 17.2 Å². The van der Waals surface area contributed by atoms with E-state index in [2.05, 4.69) is 10.2 Å². The number of carbonyl (C=O) groups is 2. The van der Waals surface area contributed by atoms with Crippen molar-refractivity contribution in [3.8, 4) is 11.3 Å². The third-order valence-corrected chi connectivity index (χ3v) is 5.07. The maximum absolute atomic E-state index is 13.0. The lowest BCUT2D eigenvalue weighted by molar-refractivity contribution is -0.150. The molecule has 2 heterocycles. The maximum atomic E-state index is 13.0. The number of amides is 1. The largest absolute Gasteiger partial charge is 0.481 e. The molecule has 1 aliphatic rings. The highest BCUT2D eigenvalue weighted by atomic mass is 19.1. The van der Waals surface area contributed by atoms with Crippen LogP contribution in [0.5, 0.6) is 0 Å². The molecule has 2 N–H and O–H groups in total. The molecule has 1 unspecified atom stereocenters. The summed E-state index contributed by atoms with van der Waals surface area (Å²) in [6, 6.07) is 7.44. The smallest absolute Gasteiger partial charge is 0.311 e. The van der Waals surface area contributed by atoms with Gasteiger partial charge in [0.2, 0.25) is 0 Å². The zero-order valence-electron chi connectivity index (χ0n) is 14.1. The first-order valence-corrected chi connectivity index (χ1v) is 8.17. The fourth-order valence-electron chi connectivity index (χ4n) is 3.27. The molecule has 132 valence electrons. The highest BCUT2D eigenvalue weighted by molar-refractivity contribution is 5.94. The summed E-state index contributed by atoms with van der Waals surface area (Å²) in [6.45, 7) is 4.31. The predicted octanol–water partition coefficient (Wildman–Crippen LogP) is 2.79. The lowest BCUT2D eigenvalue weighted by Gasteiger charge is -2.28. The summed E-state index contributed by atoms with van der Waals surface area (Å²) < 4.78 is 13.0. The van der Waals surface area contributed by atoms with Gasteiger partial charge in [0.15, 0.2) is 0 Å². The van der Waals surface area contributed by atoms with Crippen LogP contribution in [0.3, 0.4) is 0 Å². The van der Waals surface area contributed by atoms with E-state index in [1.165, 1.54) is 12.1 Å². The van der Waals surface area contributed by atoms with E-state index in [0.717, 1.165) is 0 Å². The van der Waals surface area contributed by atoms with E-state index in [4.69, 9.17) is 0 Å². The van der Waals surface area contributed by atoms with Crippen molar-refractivity contribution in [1.29, 1.82) is 0 Å². The van der Waals surface area contributed by atoms with E-state index >= 15 is 0 Å². The van der Waals surface area contributed by atoms with E-state index in [1.54, 1.807) is 23.1 Å². The number of carboxylic acids is 1. The van der Waals surface area contributed by atoms with Crippen molar-refractivity contribution in [3.05, 3.63) is 41.8 Å². The molecule has 7 heteroatoms. The molecule has 1 aromatic carbocycles. The van der Waals surface area contributed by atoms with Crippen LogP contribution in [0.1, 0.15) is 30.8 Å². The van der Waals surface area contributed by atoms with Crippen molar-refractivity contribution in [1.82, 2.24) is 15.1 Å². The Hall–Kier alpha value is -2.70. The number of aliphatic carboxylic acids is 1. The summed E-state index contributed by atoms with van der Waals surface area (Å²) in [5.41, 5.74) is 0.621. The molecule has 0 saturated carbocycles. The van der Waals surface area contributed by atoms with Gasteiger partial charge in [-0.15, -0.1) is 0 Å². The van der Waals surface area contributed by atoms with Crippen molar-refractivity contribution in [2.75, 3.05) is 13.1 Å². The van der Waals surface area contributed by atoms with Gasteiger partial charge in [-0.2, -0.15) is 5.10 Å². The van der Waals surface area contributed by atoms with Crippen LogP contribution < -0.4 is 0 Å². The fourth-order valence-corrected chi connectivity index (χ4v) is 3.27. The second-order valence-electron chi connectivity index (χ2n) is 6.77. The molecular weight excluding hydrogens is 325 g/mol. The van der Waals surface area contributed by atoms with Crippen LogP contribution in [0.2, 0.25) is 0 Å². The molecule has 0 spiro atoms. The number of nitrogens with one attached hydrogen (secondary N) is 1. The van der Waals surface area contributed by atoms with Gasteiger partial charge in [0, 0.05) is 18.7 Å². The minimum absolute atomic E-state index is 0.0701. The Labute approximate surface area is 144 Å². The van der Waals surface area contributed by atoms with Crippen LogP contribution in [-0.2, 0) is 4.79 Å². The predicted molar refractivity (Wildman–Crippen MR) is 89.4 cm³/mol. The molecule has 1 fully saturated rings. The third kappa shape index (κ3) is 3.01. The van der Waals surface area contributed by atoms with Gasteiger partial charge >= 0.3 is 5.97 Å². The Morgan fingerprint density at radius 2 is 2.00 bits per heavy atom. The summed E-state index contributed by atoms with van der Waals surface area (Å²) in [5.74, 6) is -1.55. The number of likely N-dealkylation sites (tertiary alicyclic amines) is 1. The van der Waals surface area contributed by atoms with Crippen LogP contribution in [0.4, 0.5) is 4.39 Å². The zero-order valence-corrected chi connectivity index (χ0v) is 14.1. The number of hydrogen-bond acceptors (Lipinski definition) is 3. The van der Waals surface area contributed by atoms with E-state index in [0.29, 0.717) is 29.9 Å². The molecular formula is C18H20FN3O3. The number of rotatable bonds is 4. The molecule has 2 aromatic rings. The quantitative estimate of drug-likeness (QED) is 0.892. The van der Waals surface area contributed by atoms with Gasteiger partial charge < -0.3 is 10.0 Å². The summed E-state index contributed by atoms with van der Waals surface area (Å²) >= 11 is 0. The average molecular weight is 345 g/mol. The first kappa shape index (κ1) is 17.1. The van der Waals surface area contributed by atoms with Crippen molar-refractivity contribution >= 4 is 11.9 Å². The highest BCUT2D eigenvalue weighted by Crippen LogP contribution is 2.38. The highest BCUT2D eigenvalue weighted by Gasteiger charge is 2.48. The molecule has 1 aliphatic heterocycles. The third-order valence-electron chi connectivity index (χ3n) is 5.07. The van der Waals surface area contributed by atoms with Crippen molar-refractivity contribution in [2.24, 2.45) is 11.3 Å². The Morgan fingerprint density at radius 3 is 2.56 bits per heavy atom. The number of benzene rings is 1. The normalized spacial score (nSPS) is 20.2. The number of hydrogen-bond donors (Lipinski definition) is 2. The van der Waals surface area contributed by atoms with Crippen molar-refractivity contribution in [2.45, 2.75) is 20.3 Å². The van der Waals surface area contributed by atoms with E-state index in [9.17, 15) is 19.1 Å². The van der Waals surface area contributed by atoms with Crippen LogP contribution >= 0.6 is 0 Å². The number of carbonyl (C=O) groups excluding carboxylic acids is 1. The number of H-pyrrole nitrogens is 1. The number of aromatic nitrogens is 2. The SMILES string of the molecule is CC(C)C1(C(=O)O)CCN(C(=O)c2cc(-c3ccc(F)cc3)n[nH]2)C1. The Balaban J connectivity index is 1.79. The van der Waals surface area contributed by atoms with Crippen LogP contribution in [0.15, 0.2) is 30.3 Å². The zero-order chi connectivity index (χ0) is 18.2. The van der Waals surface area contributed by atoms with Gasteiger partial charge in [0.05, 0.1) is 11.1 Å². The molecule has 1 aromatic heterocycles. The monoisotopic (exact) mass is 345 g/mol. The molecule has 3 rings (SSSR count). The van der Waals surface area contributed by atoms with Crippen LogP contribution in [0.25, 0.3) is 11.3 Å². The summed E-state index contributed by atoms with van der Waals surface area (Å²) in [5, 5.41) is 16.4. The first-order chi connectivity index (χ1) is 11.8. The van der Waals surface area contributed by atoms with Gasteiger partial charge in [-0.1, -0.05) is 13.8 Å². The van der Waals surface area contributed by atoms with E-state index in [-0.39, 0.29) is 24.2 Å². The molecule has 1 atom stereocenters. The minimum Gasteiger partial charge on any atom is -0.481 e. The molecule has 1 saturated heterocycles. The molecule has 0 radical (unpaired) electrons. The van der Waals surface area contributed by atoms with Gasteiger partial charge in [0.1, 0.15) is 11.5 Å². The summed E-state index contributed by atoms with van der Waals surface area (Å²) in [7, 11) is 0. The topological polar surface area (TPSA) is 86.3 Å². The Kier molecular flexibility index (Phi) is 4.32. The number of carboxylic acid groups (broad SMARTS) is 1. The molecule has 0 bridgehead atoms. The maximum Gasteiger partial charge on any atom is 0.311 e. The fraction of sp³-hybridized carbons (Fsp3) is 0.389. The number of nitrogens with zero attached hydrogens (tertiary/aromatic N) is 2. The molecule has 0 aliphatic carbocycles. The number of halogens is 1. The van der Waals surface area contributed by atoms with E-state index < -0.39 is 11.4 Å². The lowest BCUT2D eigenvalue weighted by Crippen LogP contribution is -2.40. The molecule has 1 amide bonds.